The van der Waals surface area contributed by atoms with E-state index in [-0.39, 0.29) is 4.47 Å². The highest BCUT2D eigenvalue weighted by molar-refractivity contribution is 9.10. The number of ether oxygens (including phenoxy) is 1. The second kappa shape index (κ2) is 5.83. The van der Waals surface area contributed by atoms with E-state index in [9.17, 15) is 22.0 Å². The number of nitrogens with two attached hydrogens (primary N) is 1. The Morgan fingerprint density at radius 3 is 2.39 bits per heavy atom. The summed E-state index contributed by atoms with van der Waals surface area (Å²) in [5.74, 6) is -5.07. The van der Waals surface area contributed by atoms with Gasteiger partial charge in [-0.15, -0.1) is 0 Å². The van der Waals surface area contributed by atoms with Gasteiger partial charge in [-0.1, -0.05) is 15.9 Å². The van der Waals surface area contributed by atoms with Crippen molar-refractivity contribution in [1.29, 1.82) is 0 Å². The van der Waals surface area contributed by atoms with Crippen LogP contribution in [0.1, 0.15) is 0 Å². The molecule has 0 fully saturated rings. The van der Waals surface area contributed by atoms with E-state index < -0.39 is 42.6 Å². The predicted octanol–water partition coefficient (Wildman–Crippen LogP) is 3.24. The standard InChI is InChI=1S/C10H9BrF5NO/c11-6-1-7(12)9(13)8(2-6)18-4-5(3-17)10(14,15)16/h1-2,5H,3-4,17H2. The quantitative estimate of drug-likeness (QED) is 0.678. The zero-order valence-corrected chi connectivity index (χ0v) is 10.5. The lowest BCUT2D eigenvalue weighted by Crippen LogP contribution is -2.35. The molecule has 1 rings (SSSR count). The number of alkyl halides is 3. The minimum absolute atomic E-state index is 0.160. The van der Waals surface area contributed by atoms with Crippen LogP contribution in [0.3, 0.4) is 0 Å². The van der Waals surface area contributed by atoms with E-state index in [0.717, 1.165) is 12.1 Å². The van der Waals surface area contributed by atoms with Crippen LogP contribution in [-0.2, 0) is 0 Å². The molecule has 2 N–H and O–H groups in total. The zero-order valence-electron chi connectivity index (χ0n) is 8.90. The van der Waals surface area contributed by atoms with Crippen molar-refractivity contribution in [3.8, 4) is 5.75 Å². The monoisotopic (exact) mass is 333 g/mol. The van der Waals surface area contributed by atoms with Crippen molar-refractivity contribution in [3.05, 3.63) is 28.2 Å². The molecule has 0 spiro atoms. The summed E-state index contributed by atoms with van der Waals surface area (Å²) in [6.45, 7) is -1.56. The van der Waals surface area contributed by atoms with Crippen LogP contribution in [0.15, 0.2) is 16.6 Å². The Hall–Kier alpha value is -0.890. The summed E-state index contributed by atoms with van der Waals surface area (Å²) in [5.41, 5.74) is 4.94. The zero-order chi connectivity index (χ0) is 13.9. The molecule has 0 radical (unpaired) electrons. The van der Waals surface area contributed by atoms with Gasteiger partial charge < -0.3 is 10.5 Å². The number of rotatable bonds is 4. The maximum atomic E-state index is 13.2. The topological polar surface area (TPSA) is 35.2 Å². The molecule has 0 saturated heterocycles. The summed E-state index contributed by atoms with van der Waals surface area (Å²) in [4.78, 5) is 0. The maximum absolute atomic E-state index is 13.2. The highest BCUT2D eigenvalue weighted by Gasteiger charge is 2.39. The van der Waals surface area contributed by atoms with Crippen LogP contribution in [0.5, 0.6) is 5.75 Å². The molecule has 1 aromatic rings. The molecule has 2 nitrogen and oxygen atoms in total. The van der Waals surface area contributed by atoms with E-state index >= 15 is 0 Å². The molecule has 1 atom stereocenters. The summed E-state index contributed by atoms with van der Waals surface area (Å²) in [7, 11) is 0. The third-order valence-electron chi connectivity index (χ3n) is 2.15. The van der Waals surface area contributed by atoms with Crippen LogP contribution in [0, 0.1) is 17.6 Å². The lowest BCUT2D eigenvalue weighted by atomic mass is 10.1. The van der Waals surface area contributed by atoms with Crippen LogP contribution < -0.4 is 10.5 Å². The fourth-order valence-corrected chi connectivity index (χ4v) is 1.53. The predicted molar refractivity (Wildman–Crippen MR) is 58.2 cm³/mol. The van der Waals surface area contributed by atoms with E-state index in [4.69, 9.17) is 5.73 Å². The number of halogens is 6. The van der Waals surface area contributed by atoms with E-state index in [1.54, 1.807) is 0 Å². The summed E-state index contributed by atoms with van der Waals surface area (Å²) >= 11 is 2.88. The molecule has 0 aliphatic heterocycles. The molecule has 0 aromatic heterocycles. The average molecular weight is 334 g/mol. The molecule has 0 aliphatic carbocycles. The van der Waals surface area contributed by atoms with Gasteiger partial charge in [0.25, 0.3) is 0 Å². The van der Waals surface area contributed by atoms with Gasteiger partial charge in [-0.25, -0.2) is 4.39 Å². The van der Waals surface area contributed by atoms with Crippen molar-refractivity contribution in [1.82, 2.24) is 0 Å². The van der Waals surface area contributed by atoms with Gasteiger partial charge in [0.1, 0.15) is 12.5 Å². The van der Waals surface area contributed by atoms with Crippen LogP contribution in [-0.4, -0.2) is 19.3 Å². The summed E-state index contributed by atoms with van der Waals surface area (Å²) in [6, 6.07) is 1.88. The highest BCUT2D eigenvalue weighted by atomic mass is 79.9. The smallest absolute Gasteiger partial charge is 0.396 e. The molecule has 0 bridgehead atoms. The summed E-state index contributed by atoms with van der Waals surface area (Å²) in [5, 5.41) is 0. The minimum atomic E-state index is -4.55. The van der Waals surface area contributed by atoms with Gasteiger partial charge in [-0.3, -0.25) is 0 Å². The molecule has 1 aromatic carbocycles. The molecule has 102 valence electrons. The van der Waals surface area contributed by atoms with E-state index in [2.05, 4.69) is 20.7 Å². The Balaban J connectivity index is 2.80. The van der Waals surface area contributed by atoms with Crippen molar-refractivity contribution in [2.45, 2.75) is 6.18 Å². The van der Waals surface area contributed by atoms with Crippen LogP contribution >= 0.6 is 15.9 Å². The molecule has 0 saturated carbocycles. The van der Waals surface area contributed by atoms with E-state index in [1.807, 2.05) is 0 Å². The molecular formula is C10H9BrF5NO. The van der Waals surface area contributed by atoms with Crippen molar-refractivity contribution in [3.63, 3.8) is 0 Å². The van der Waals surface area contributed by atoms with Gasteiger partial charge in [0.05, 0.1) is 0 Å². The van der Waals surface area contributed by atoms with Crippen LogP contribution in [0.2, 0.25) is 0 Å². The van der Waals surface area contributed by atoms with Gasteiger partial charge in [-0.2, -0.15) is 17.6 Å². The first kappa shape index (κ1) is 15.2. The van der Waals surface area contributed by atoms with Gasteiger partial charge in [0.2, 0.25) is 5.82 Å². The Morgan fingerprint density at radius 2 is 1.89 bits per heavy atom. The third-order valence-corrected chi connectivity index (χ3v) is 2.60. The van der Waals surface area contributed by atoms with E-state index in [0.29, 0.717) is 0 Å². The average Bonchev–Trinajstić information content (AvgIpc) is 2.23. The Labute approximate surface area is 108 Å². The Bertz CT molecular complexity index is 423. The number of hydrogen-bond donors (Lipinski definition) is 1. The maximum Gasteiger partial charge on any atom is 0.396 e. The first-order chi connectivity index (χ1) is 8.25. The molecular weight excluding hydrogens is 325 g/mol. The van der Waals surface area contributed by atoms with Gasteiger partial charge >= 0.3 is 6.18 Å². The van der Waals surface area contributed by atoms with E-state index in [1.165, 1.54) is 0 Å². The van der Waals surface area contributed by atoms with Crippen LogP contribution in [0.4, 0.5) is 22.0 Å². The van der Waals surface area contributed by atoms with Gasteiger partial charge in [-0.05, 0) is 12.1 Å². The van der Waals surface area contributed by atoms with Crippen molar-refractivity contribution in [2.75, 3.05) is 13.2 Å². The lowest BCUT2D eigenvalue weighted by Gasteiger charge is -2.19. The number of benzene rings is 1. The second-order valence-electron chi connectivity index (χ2n) is 3.48. The second-order valence-corrected chi connectivity index (χ2v) is 4.40. The molecule has 18 heavy (non-hydrogen) atoms. The van der Waals surface area contributed by atoms with Gasteiger partial charge in [0.15, 0.2) is 11.6 Å². The molecule has 0 amide bonds. The molecule has 1 unspecified atom stereocenters. The number of hydrogen-bond acceptors (Lipinski definition) is 2. The minimum Gasteiger partial charge on any atom is -0.490 e. The normalized spacial score (nSPS) is 13.5. The fourth-order valence-electron chi connectivity index (χ4n) is 1.12. The molecule has 0 heterocycles. The lowest BCUT2D eigenvalue weighted by molar-refractivity contribution is -0.178. The van der Waals surface area contributed by atoms with Crippen molar-refractivity contribution in [2.24, 2.45) is 11.7 Å². The third kappa shape index (κ3) is 3.81. The summed E-state index contributed by atoms with van der Waals surface area (Å²) in [6.07, 6.45) is -4.55. The first-order valence-electron chi connectivity index (χ1n) is 4.79. The van der Waals surface area contributed by atoms with Crippen molar-refractivity contribution < 1.29 is 26.7 Å². The van der Waals surface area contributed by atoms with Crippen molar-refractivity contribution >= 4 is 15.9 Å². The largest absolute Gasteiger partial charge is 0.490 e. The fraction of sp³-hybridized carbons (Fsp3) is 0.400. The highest BCUT2D eigenvalue weighted by Crippen LogP contribution is 2.29. The Kier molecular flexibility index (Phi) is 4.92. The molecule has 8 heteroatoms. The van der Waals surface area contributed by atoms with Gasteiger partial charge in [0, 0.05) is 11.0 Å². The molecule has 0 aliphatic rings. The SMILES string of the molecule is NCC(COc1cc(Br)cc(F)c1F)C(F)(F)F. The first-order valence-corrected chi connectivity index (χ1v) is 5.59. The van der Waals surface area contributed by atoms with Crippen LogP contribution in [0.25, 0.3) is 0 Å². The Morgan fingerprint density at radius 1 is 1.28 bits per heavy atom. The summed E-state index contributed by atoms with van der Waals surface area (Å²) < 4.78 is 68.0.